The van der Waals surface area contributed by atoms with Crippen molar-refractivity contribution in [3.63, 3.8) is 0 Å². The van der Waals surface area contributed by atoms with E-state index in [1.54, 1.807) is 6.92 Å². The van der Waals surface area contributed by atoms with E-state index in [1.807, 2.05) is 14.1 Å². The van der Waals surface area contributed by atoms with Gasteiger partial charge in [-0.3, -0.25) is 0 Å². The maximum Gasteiger partial charge on any atom is 0.377 e. The minimum Gasteiger partial charge on any atom is -0.368 e. The summed E-state index contributed by atoms with van der Waals surface area (Å²) in [4.78, 5) is 0. The Bertz CT molecular complexity index is 581. The second-order valence-corrected chi connectivity index (χ2v) is 12.7. The molecule has 0 fully saturated rings. The summed E-state index contributed by atoms with van der Waals surface area (Å²) in [6.45, 7) is 4.49. The lowest BCUT2D eigenvalue weighted by molar-refractivity contribution is -0.925. The van der Waals surface area contributed by atoms with Crippen LogP contribution in [0.25, 0.3) is 0 Å². The van der Waals surface area contributed by atoms with Crippen LogP contribution in [-0.2, 0) is 9.13 Å². The number of allylic oxidation sites excluding steroid dienone is 2. The Hall–Kier alpha value is -0.480. The number of aliphatic hydroxyl groups excluding tert-OH is 1. The first-order valence-electron chi connectivity index (χ1n) is 14.7. The third-order valence-electron chi connectivity index (χ3n) is 7.81. The van der Waals surface area contributed by atoms with Crippen molar-refractivity contribution in [2.75, 3.05) is 20.6 Å². The zero-order valence-corrected chi connectivity index (χ0v) is 24.6. The summed E-state index contributed by atoms with van der Waals surface area (Å²) in [7, 11) is 1.14. The molecule has 0 spiro atoms. The van der Waals surface area contributed by atoms with E-state index < -0.39 is 19.3 Å². The highest BCUT2D eigenvalue weighted by Crippen LogP contribution is 2.41. The van der Waals surface area contributed by atoms with E-state index in [1.165, 1.54) is 96.3 Å². The molecule has 0 aliphatic rings. The normalized spacial score (nSPS) is 14.1. The smallest absolute Gasteiger partial charge is 0.368 e. The fourth-order valence-electron chi connectivity index (χ4n) is 4.71. The predicted octanol–water partition coefficient (Wildman–Crippen LogP) is 8.64. The van der Waals surface area contributed by atoms with Crippen LogP contribution in [0.3, 0.4) is 0 Å². The highest BCUT2D eigenvalue weighted by atomic mass is 31.1. The van der Waals surface area contributed by atoms with Crippen molar-refractivity contribution in [2.45, 2.75) is 154 Å². The number of hydrogen-bond acceptors (Lipinski definition) is 4. The van der Waals surface area contributed by atoms with Crippen molar-refractivity contribution in [3.05, 3.63) is 12.2 Å². The maximum atomic E-state index is 12.0. The van der Waals surface area contributed by atoms with Gasteiger partial charge in [0.15, 0.2) is 6.29 Å². The average Bonchev–Trinajstić information content (AvgIpc) is 2.81. The van der Waals surface area contributed by atoms with Crippen LogP contribution in [-0.4, -0.2) is 46.9 Å². The van der Waals surface area contributed by atoms with Crippen LogP contribution >= 0.6 is 7.68 Å². The van der Waals surface area contributed by atoms with Crippen molar-refractivity contribution >= 4 is 7.68 Å². The minimum absolute atomic E-state index is 0.182. The van der Waals surface area contributed by atoms with Crippen LogP contribution < -0.4 is 0 Å². The Labute approximate surface area is 218 Å². The molecule has 2 N–H and O–H groups in total. The first-order valence-corrected chi connectivity index (χ1v) is 15.8. The van der Waals surface area contributed by atoms with E-state index in [4.69, 9.17) is 10.2 Å². The van der Waals surface area contributed by atoms with Crippen LogP contribution in [0.15, 0.2) is 12.2 Å². The van der Waals surface area contributed by atoms with Gasteiger partial charge in [-0.15, -0.1) is 0 Å². The highest BCUT2D eigenvalue weighted by Gasteiger charge is 2.46. The van der Waals surface area contributed by atoms with Gasteiger partial charge < -0.3 is 14.7 Å². The molecule has 0 aromatic rings. The molecule has 0 aromatic carbocycles. The van der Waals surface area contributed by atoms with E-state index in [-0.39, 0.29) is 10.9 Å². The maximum absolute atomic E-state index is 12.0. The van der Waals surface area contributed by atoms with Gasteiger partial charge in [-0.1, -0.05) is 103 Å². The molecule has 1 atom stereocenters. The summed E-state index contributed by atoms with van der Waals surface area (Å²) < 4.78 is 24.3. The van der Waals surface area contributed by atoms with Gasteiger partial charge in [-0.05, 0) is 32.1 Å². The molecule has 0 bridgehead atoms. The van der Waals surface area contributed by atoms with Crippen molar-refractivity contribution in [2.24, 2.45) is 0 Å². The molecule has 0 rings (SSSR count). The summed E-state index contributed by atoms with van der Waals surface area (Å²) >= 11 is 0. The molecule has 0 radical (unpaired) electrons. The Kier molecular flexibility index (Phi) is 21.3. The van der Waals surface area contributed by atoms with Crippen LogP contribution in [0.1, 0.15) is 142 Å². The van der Waals surface area contributed by atoms with Crippen molar-refractivity contribution in [1.29, 1.82) is 0 Å². The first-order chi connectivity index (χ1) is 16.7. The molecule has 0 aliphatic carbocycles. The van der Waals surface area contributed by atoms with E-state index in [2.05, 4.69) is 19.1 Å². The van der Waals surface area contributed by atoms with E-state index in [0.717, 1.165) is 19.3 Å². The standard InChI is InChI=1S/C29H59NO4P/c1-5-6-7-8-9-10-11-12-13-14-15-16-17-18-19-20-21-22-23-24-26-29(2,35(33)34)30(3,4)27-25-28(31)32/h12-13,28,31-32H,5-11,14-27H2,1-4H3/q+1. The van der Waals surface area contributed by atoms with Crippen LogP contribution in [0.4, 0.5) is 0 Å². The minimum atomic E-state index is -2.61. The van der Waals surface area contributed by atoms with E-state index >= 15 is 0 Å². The summed E-state index contributed by atoms with van der Waals surface area (Å²) in [6, 6.07) is 0. The predicted molar refractivity (Wildman–Crippen MR) is 149 cm³/mol. The second-order valence-electron chi connectivity index (χ2n) is 11.3. The molecule has 0 heterocycles. The molecule has 208 valence electrons. The Morgan fingerprint density at radius 1 is 0.714 bits per heavy atom. The SMILES string of the molecule is CCCCCCCCC=CCCCCCCCCCCCCC(C)(P(=O)=O)[N+](C)(C)CCC(O)O. The number of rotatable bonds is 25. The molecule has 0 aromatic heterocycles. The number of aliphatic hydroxyl groups is 2. The summed E-state index contributed by atoms with van der Waals surface area (Å²) in [5.41, 5.74) is 0. The molecule has 0 saturated heterocycles. The quantitative estimate of drug-likeness (QED) is 0.0418. The van der Waals surface area contributed by atoms with E-state index in [0.29, 0.717) is 13.0 Å². The molecule has 6 heteroatoms. The van der Waals surface area contributed by atoms with Crippen molar-refractivity contribution < 1.29 is 23.8 Å². The monoisotopic (exact) mass is 516 g/mol. The molecule has 35 heavy (non-hydrogen) atoms. The van der Waals surface area contributed by atoms with Crippen molar-refractivity contribution in [3.8, 4) is 0 Å². The lowest BCUT2D eigenvalue weighted by Crippen LogP contribution is -2.56. The molecule has 0 aliphatic heterocycles. The zero-order chi connectivity index (χ0) is 26.4. The lowest BCUT2D eigenvalue weighted by atomic mass is 10.0. The summed E-state index contributed by atoms with van der Waals surface area (Å²) in [6.07, 6.45) is 27.2. The van der Waals surface area contributed by atoms with Gasteiger partial charge in [-0.2, -0.15) is 0 Å². The number of hydrogen-bond donors (Lipinski definition) is 2. The van der Waals surface area contributed by atoms with Gasteiger partial charge in [-0.25, -0.2) is 9.13 Å². The van der Waals surface area contributed by atoms with Gasteiger partial charge in [0.05, 0.1) is 20.6 Å². The number of nitrogens with zero attached hydrogens (tertiary/aromatic N) is 1. The van der Waals surface area contributed by atoms with Gasteiger partial charge in [0.2, 0.25) is 5.28 Å². The fourth-order valence-corrected chi connectivity index (χ4v) is 5.59. The molecular weight excluding hydrogens is 457 g/mol. The largest absolute Gasteiger partial charge is 0.377 e. The van der Waals surface area contributed by atoms with Gasteiger partial charge in [0.25, 0.3) is 0 Å². The highest BCUT2D eigenvalue weighted by molar-refractivity contribution is 7.32. The molecule has 0 saturated carbocycles. The molecule has 5 nitrogen and oxygen atoms in total. The number of quaternary nitrogens is 1. The van der Waals surface area contributed by atoms with Crippen molar-refractivity contribution in [1.82, 2.24) is 0 Å². The van der Waals surface area contributed by atoms with Gasteiger partial charge in [0.1, 0.15) is 0 Å². The molecule has 0 amide bonds. The fraction of sp³-hybridized carbons (Fsp3) is 0.931. The third kappa shape index (κ3) is 17.6. The summed E-state index contributed by atoms with van der Waals surface area (Å²) in [5, 5.41) is 17.5. The van der Waals surface area contributed by atoms with Crippen LogP contribution in [0, 0.1) is 0 Å². The van der Waals surface area contributed by atoms with Crippen LogP contribution in [0.5, 0.6) is 0 Å². The molecule has 1 unspecified atom stereocenters. The third-order valence-corrected chi connectivity index (χ3v) is 9.36. The average molecular weight is 517 g/mol. The Balaban J connectivity index is 3.68. The Morgan fingerprint density at radius 3 is 1.51 bits per heavy atom. The Morgan fingerprint density at radius 2 is 1.11 bits per heavy atom. The van der Waals surface area contributed by atoms with Gasteiger partial charge >= 0.3 is 7.68 Å². The van der Waals surface area contributed by atoms with Crippen LogP contribution in [0.2, 0.25) is 0 Å². The zero-order valence-electron chi connectivity index (χ0n) is 23.7. The topological polar surface area (TPSA) is 74.6 Å². The first kappa shape index (κ1) is 34.5. The van der Waals surface area contributed by atoms with Gasteiger partial charge in [0, 0.05) is 19.8 Å². The summed E-state index contributed by atoms with van der Waals surface area (Å²) in [5.74, 6) is 0. The van der Waals surface area contributed by atoms with E-state index in [9.17, 15) is 9.13 Å². The lowest BCUT2D eigenvalue weighted by Gasteiger charge is -2.42. The second kappa shape index (κ2) is 21.6. The number of unbranched alkanes of at least 4 members (excludes halogenated alkanes) is 16. The molecular formula is C29H59NO4P+.